The van der Waals surface area contributed by atoms with Gasteiger partial charge in [-0.1, -0.05) is 50.1 Å². The molecule has 5 heteroatoms. The summed E-state index contributed by atoms with van der Waals surface area (Å²) in [6, 6.07) is 16.5. The van der Waals surface area contributed by atoms with Gasteiger partial charge < -0.3 is 9.64 Å². The van der Waals surface area contributed by atoms with Crippen LogP contribution in [0.3, 0.4) is 0 Å². The Morgan fingerprint density at radius 1 is 1.14 bits per heavy atom. The van der Waals surface area contributed by atoms with Crippen LogP contribution in [0.25, 0.3) is 0 Å². The van der Waals surface area contributed by atoms with Crippen LogP contribution in [0.5, 0.6) is 5.75 Å². The molecule has 0 aromatic heterocycles. The Morgan fingerprint density at radius 2 is 1.95 bits per heavy atom. The van der Waals surface area contributed by atoms with Crippen LogP contribution in [-0.4, -0.2) is 59.3 Å². The van der Waals surface area contributed by atoms with Crippen molar-refractivity contribution in [2.24, 2.45) is 11.8 Å². The number of carbonyl (C=O) groups excluding carboxylic acids is 2. The Hall–Kier alpha value is -3.10. The topological polar surface area (TPSA) is 49.9 Å². The molecule has 37 heavy (non-hydrogen) atoms. The maximum atomic E-state index is 13.7. The van der Waals surface area contributed by atoms with E-state index in [-0.39, 0.29) is 29.3 Å². The first kappa shape index (κ1) is 24.2. The molecule has 192 valence electrons. The summed E-state index contributed by atoms with van der Waals surface area (Å²) in [5.74, 6) is 7.93. The highest BCUT2D eigenvalue weighted by molar-refractivity contribution is 5.94. The number of rotatable bonds is 5. The van der Waals surface area contributed by atoms with Crippen molar-refractivity contribution in [3.05, 3.63) is 65.2 Å². The van der Waals surface area contributed by atoms with Gasteiger partial charge in [-0.25, -0.2) is 0 Å². The van der Waals surface area contributed by atoms with Crippen LogP contribution >= 0.6 is 0 Å². The summed E-state index contributed by atoms with van der Waals surface area (Å²) in [6.07, 6.45) is 3.79. The van der Waals surface area contributed by atoms with Gasteiger partial charge in [-0.05, 0) is 74.8 Å². The van der Waals surface area contributed by atoms with Crippen LogP contribution in [0.1, 0.15) is 56.7 Å². The summed E-state index contributed by atoms with van der Waals surface area (Å²) in [5, 5.41) is 0. The van der Waals surface area contributed by atoms with Gasteiger partial charge in [0.15, 0.2) is 0 Å². The van der Waals surface area contributed by atoms with E-state index in [0.29, 0.717) is 31.0 Å². The number of likely N-dealkylation sites (tertiary alicyclic amines) is 1. The molecule has 1 saturated carbocycles. The van der Waals surface area contributed by atoms with E-state index in [2.05, 4.69) is 48.8 Å². The molecular formula is C32H36N2O3. The van der Waals surface area contributed by atoms with Crippen LogP contribution in [0, 0.1) is 23.7 Å². The zero-order valence-corrected chi connectivity index (χ0v) is 22.1. The van der Waals surface area contributed by atoms with Crippen molar-refractivity contribution >= 4 is 11.7 Å². The minimum Gasteiger partial charge on any atom is -0.487 e. The second kappa shape index (κ2) is 9.33. The molecule has 4 aliphatic rings. The first-order chi connectivity index (χ1) is 17.9. The van der Waals surface area contributed by atoms with E-state index in [1.165, 1.54) is 11.1 Å². The lowest BCUT2D eigenvalue weighted by Crippen LogP contribution is -2.69. The van der Waals surface area contributed by atoms with Crippen LogP contribution in [0.4, 0.5) is 0 Å². The predicted molar refractivity (Wildman–Crippen MR) is 143 cm³/mol. The normalized spacial score (nSPS) is 29.1. The highest BCUT2D eigenvalue weighted by atomic mass is 16.5. The van der Waals surface area contributed by atoms with E-state index in [1.807, 2.05) is 35.2 Å². The fraction of sp³-hybridized carbons (Fsp3) is 0.500. The zero-order chi connectivity index (χ0) is 25.7. The average molecular weight is 497 g/mol. The molecule has 2 aliphatic heterocycles. The maximum Gasteiger partial charge on any atom is 0.299 e. The maximum absolute atomic E-state index is 13.7. The Morgan fingerprint density at radius 3 is 2.70 bits per heavy atom. The molecule has 2 fully saturated rings. The van der Waals surface area contributed by atoms with Gasteiger partial charge >= 0.3 is 0 Å². The van der Waals surface area contributed by atoms with Gasteiger partial charge in [0.2, 0.25) is 0 Å². The minimum atomic E-state index is -0.112. The number of nitrogens with zero attached hydrogens (tertiary/aromatic N) is 2. The number of carbonyl (C=O) groups is 2. The molecule has 6 rings (SSSR count). The third kappa shape index (κ3) is 3.97. The summed E-state index contributed by atoms with van der Waals surface area (Å²) < 4.78 is 6.86. The summed E-state index contributed by atoms with van der Waals surface area (Å²) >= 11 is 0. The standard InChI is InChI=1S/C32H36N2O3/c1-21(2)19-34(29(36)15-12-23-8-5-4-6-9-23)26-14-13-25-27-18-24-10-7-11-28-30(24)32(25,31(26)37-28)16-17-33(27)20-22(3)35/h4-11,21,25-27,31H,13-14,16-20H2,1-3H3/t25-,26+,27+,31-,32-/m0/s1. The fourth-order valence-corrected chi connectivity index (χ4v) is 7.85. The van der Waals surface area contributed by atoms with Crippen molar-refractivity contribution in [3.63, 3.8) is 0 Å². The molecule has 2 heterocycles. The number of Topliss-reactive ketones (excluding diaryl/α,β-unsaturated/α-hetero) is 1. The van der Waals surface area contributed by atoms with E-state index in [9.17, 15) is 9.59 Å². The quantitative estimate of drug-likeness (QED) is 0.582. The number of hydrogen-bond acceptors (Lipinski definition) is 4. The lowest BCUT2D eigenvalue weighted by Gasteiger charge is -2.60. The first-order valence-corrected chi connectivity index (χ1v) is 13.8. The van der Waals surface area contributed by atoms with Crippen molar-refractivity contribution in [1.29, 1.82) is 0 Å². The number of amides is 1. The van der Waals surface area contributed by atoms with Gasteiger partial charge in [0.05, 0.1) is 12.6 Å². The molecule has 5 nitrogen and oxygen atoms in total. The van der Waals surface area contributed by atoms with Crippen molar-refractivity contribution in [2.45, 2.75) is 70.1 Å². The number of ether oxygens (including phenoxy) is 1. The third-order valence-corrected chi connectivity index (χ3v) is 9.04. The predicted octanol–water partition coefficient (Wildman–Crippen LogP) is 4.22. The van der Waals surface area contributed by atoms with Gasteiger partial charge in [0.25, 0.3) is 5.91 Å². The number of benzene rings is 2. The van der Waals surface area contributed by atoms with Crippen LogP contribution in [-0.2, 0) is 21.4 Å². The highest BCUT2D eigenvalue weighted by Crippen LogP contribution is 2.62. The summed E-state index contributed by atoms with van der Waals surface area (Å²) in [6.45, 7) is 8.10. The van der Waals surface area contributed by atoms with Crippen LogP contribution < -0.4 is 4.74 Å². The first-order valence-electron chi connectivity index (χ1n) is 13.8. The van der Waals surface area contributed by atoms with E-state index in [0.717, 1.165) is 43.5 Å². The average Bonchev–Trinajstić information content (AvgIpc) is 3.22. The van der Waals surface area contributed by atoms with Crippen LogP contribution in [0.15, 0.2) is 48.5 Å². The summed E-state index contributed by atoms with van der Waals surface area (Å²) in [4.78, 5) is 30.2. The highest BCUT2D eigenvalue weighted by Gasteiger charge is 2.66. The summed E-state index contributed by atoms with van der Waals surface area (Å²) in [7, 11) is 0. The molecule has 0 N–H and O–H groups in total. The second-order valence-corrected chi connectivity index (χ2v) is 11.8. The molecule has 1 saturated heterocycles. The molecule has 1 amide bonds. The third-order valence-electron chi connectivity index (χ3n) is 9.04. The number of piperidine rings is 1. The largest absolute Gasteiger partial charge is 0.487 e. The van der Waals surface area contributed by atoms with Crippen molar-refractivity contribution in [3.8, 4) is 17.6 Å². The van der Waals surface area contributed by atoms with Gasteiger partial charge in [-0.15, -0.1) is 0 Å². The molecular weight excluding hydrogens is 460 g/mol. The fourth-order valence-electron chi connectivity index (χ4n) is 7.85. The van der Waals surface area contributed by atoms with Crippen molar-refractivity contribution in [1.82, 2.24) is 9.80 Å². The molecule has 2 aliphatic carbocycles. The molecule has 0 radical (unpaired) electrons. The Balaban J connectivity index is 1.38. The molecule has 2 aromatic carbocycles. The zero-order valence-electron chi connectivity index (χ0n) is 22.1. The van der Waals surface area contributed by atoms with Gasteiger partial charge in [0.1, 0.15) is 17.6 Å². The van der Waals surface area contributed by atoms with E-state index < -0.39 is 0 Å². The Labute approximate surface area is 220 Å². The van der Waals surface area contributed by atoms with E-state index in [4.69, 9.17) is 4.74 Å². The van der Waals surface area contributed by atoms with E-state index >= 15 is 0 Å². The molecule has 2 aromatic rings. The van der Waals surface area contributed by atoms with Gasteiger partial charge in [0, 0.05) is 35.0 Å². The smallest absolute Gasteiger partial charge is 0.299 e. The molecule has 2 bridgehead atoms. The van der Waals surface area contributed by atoms with E-state index in [1.54, 1.807) is 6.92 Å². The molecule has 1 spiro atoms. The summed E-state index contributed by atoms with van der Waals surface area (Å²) in [5.41, 5.74) is 3.50. The second-order valence-electron chi connectivity index (χ2n) is 11.8. The lowest BCUT2D eigenvalue weighted by atomic mass is 9.51. The SMILES string of the molecule is CC(=O)CN1CC[C@]23c4c5cccc4O[C@H]2[C@H](N(CC(C)C)C(=O)C#Cc2ccccc2)CC[C@H]3[C@H]1C5. The molecule has 5 atom stereocenters. The van der Waals surface area contributed by atoms with Crippen molar-refractivity contribution in [2.75, 3.05) is 19.6 Å². The van der Waals surface area contributed by atoms with Gasteiger partial charge in [-0.2, -0.15) is 0 Å². The number of ketones is 1. The van der Waals surface area contributed by atoms with Gasteiger partial charge in [-0.3, -0.25) is 14.5 Å². The van der Waals surface area contributed by atoms with Crippen molar-refractivity contribution < 1.29 is 14.3 Å². The Kier molecular flexibility index (Phi) is 6.12. The Bertz CT molecular complexity index is 1280. The molecule has 0 unspecified atom stereocenters. The minimum absolute atomic E-state index is 0.0189. The number of hydrogen-bond donors (Lipinski definition) is 0. The van der Waals surface area contributed by atoms with Crippen LogP contribution in [0.2, 0.25) is 0 Å². The lowest BCUT2D eigenvalue weighted by molar-refractivity contribution is -0.139. The monoisotopic (exact) mass is 496 g/mol.